The first-order valence-electron chi connectivity index (χ1n) is 5.26. The Balaban J connectivity index is 2.39. The van der Waals surface area contributed by atoms with Crippen LogP contribution >= 0.6 is 0 Å². The van der Waals surface area contributed by atoms with Crippen LogP contribution in [0.15, 0.2) is 41.2 Å². The Morgan fingerprint density at radius 3 is 2.50 bits per heavy atom. The van der Waals surface area contributed by atoms with Crippen LogP contribution in [0.4, 0.5) is 0 Å². The van der Waals surface area contributed by atoms with Crippen molar-refractivity contribution in [3.63, 3.8) is 0 Å². The minimum Gasteiger partial charge on any atom is -0.292 e. The third-order valence-electron chi connectivity index (χ3n) is 2.51. The molecule has 0 aliphatic rings. The molecule has 0 amide bonds. The summed E-state index contributed by atoms with van der Waals surface area (Å²) >= 11 is 0. The third kappa shape index (κ3) is 2.19. The van der Waals surface area contributed by atoms with Crippen LogP contribution in [0.2, 0.25) is 0 Å². The lowest BCUT2D eigenvalue weighted by Crippen LogP contribution is -2.24. The summed E-state index contributed by atoms with van der Waals surface area (Å²) in [6.45, 7) is 4.28. The van der Waals surface area contributed by atoms with Gasteiger partial charge in [0.2, 0.25) is 0 Å². The van der Waals surface area contributed by atoms with E-state index in [0.717, 1.165) is 17.1 Å². The first kappa shape index (κ1) is 10.6. The van der Waals surface area contributed by atoms with Crippen molar-refractivity contribution in [3.8, 4) is 0 Å². The van der Waals surface area contributed by atoms with Gasteiger partial charge in [0, 0.05) is 11.8 Å². The largest absolute Gasteiger partial charge is 0.292 e. The third-order valence-corrected chi connectivity index (χ3v) is 2.51. The summed E-state index contributed by atoms with van der Waals surface area (Å²) < 4.78 is 1.68. The standard InChI is InChI=1S/C13H14N2O/c1-10-8-13(16)15(11(2)14-10)9-12-6-4-3-5-7-12/h3-8H,9H2,1-2H3. The molecule has 0 aliphatic carbocycles. The second kappa shape index (κ2) is 4.31. The summed E-state index contributed by atoms with van der Waals surface area (Å²) in [5.74, 6) is 0.758. The number of aryl methyl sites for hydroxylation is 2. The van der Waals surface area contributed by atoms with Gasteiger partial charge in [-0.2, -0.15) is 0 Å². The average Bonchev–Trinajstić information content (AvgIpc) is 2.25. The van der Waals surface area contributed by atoms with Gasteiger partial charge >= 0.3 is 0 Å². The molecule has 16 heavy (non-hydrogen) atoms. The van der Waals surface area contributed by atoms with Gasteiger partial charge in [-0.1, -0.05) is 30.3 Å². The maximum atomic E-state index is 11.8. The molecule has 0 atom stereocenters. The van der Waals surface area contributed by atoms with Gasteiger partial charge in [-0.3, -0.25) is 9.36 Å². The Labute approximate surface area is 94.4 Å². The van der Waals surface area contributed by atoms with Crippen LogP contribution in [0.25, 0.3) is 0 Å². The van der Waals surface area contributed by atoms with Crippen LogP contribution in [0.1, 0.15) is 17.1 Å². The highest BCUT2D eigenvalue weighted by Gasteiger charge is 2.03. The van der Waals surface area contributed by atoms with Crippen molar-refractivity contribution in [2.24, 2.45) is 0 Å². The average molecular weight is 214 g/mol. The molecule has 3 nitrogen and oxygen atoms in total. The SMILES string of the molecule is Cc1cc(=O)n(Cc2ccccc2)c(C)n1. The second-order valence-electron chi connectivity index (χ2n) is 3.85. The first-order valence-corrected chi connectivity index (χ1v) is 5.26. The Kier molecular flexibility index (Phi) is 2.86. The Hall–Kier alpha value is -1.90. The van der Waals surface area contributed by atoms with Crippen molar-refractivity contribution in [3.05, 3.63) is 63.8 Å². The monoisotopic (exact) mass is 214 g/mol. The molecular formula is C13H14N2O. The molecule has 0 unspecified atom stereocenters. The Morgan fingerprint density at radius 1 is 1.19 bits per heavy atom. The lowest BCUT2D eigenvalue weighted by atomic mass is 10.2. The zero-order valence-corrected chi connectivity index (χ0v) is 9.47. The van der Waals surface area contributed by atoms with Crippen molar-refractivity contribution in [2.45, 2.75) is 20.4 Å². The number of nitrogens with zero attached hydrogens (tertiary/aromatic N) is 2. The number of aromatic nitrogens is 2. The van der Waals surface area contributed by atoms with Crippen molar-refractivity contribution < 1.29 is 0 Å². The number of hydrogen-bond donors (Lipinski definition) is 0. The van der Waals surface area contributed by atoms with Crippen LogP contribution in [-0.4, -0.2) is 9.55 Å². The van der Waals surface area contributed by atoms with E-state index in [1.165, 1.54) is 0 Å². The van der Waals surface area contributed by atoms with Gasteiger partial charge in [0.15, 0.2) is 0 Å². The first-order chi connectivity index (χ1) is 7.66. The topological polar surface area (TPSA) is 34.9 Å². The molecule has 0 fully saturated rings. The van der Waals surface area contributed by atoms with Gasteiger partial charge in [-0.05, 0) is 19.4 Å². The van der Waals surface area contributed by atoms with Crippen molar-refractivity contribution in [2.75, 3.05) is 0 Å². The number of benzene rings is 1. The van der Waals surface area contributed by atoms with Crippen molar-refractivity contribution in [1.82, 2.24) is 9.55 Å². The fourth-order valence-corrected chi connectivity index (χ4v) is 1.72. The van der Waals surface area contributed by atoms with E-state index in [2.05, 4.69) is 4.98 Å². The van der Waals surface area contributed by atoms with Gasteiger partial charge < -0.3 is 0 Å². The van der Waals surface area contributed by atoms with Gasteiger partial charge in [0.05, 0.1) is 6.54 Å². The molecule has 2 aromatic rings. The predicted molar refractivity (Wildman–Crippen MR) is 63.5 cm³/mol. The maximum Gasteiger partial charge on any atom is 0.254 e. The smallest absolute Gasteiger partial charge is 0.254 e. The lowest BCUT2D eigenvalue weighted by Gasteiger charge is -2.09. The van der Waals surface area contributed by atoms with Gasteiger partial charge in [0.25, 0.3) is 5.56 Å². The fourth-order valence-electron chi connectivity index (χ4n) is 1.72. The number of hydrogen-bond acceptors (Lipinski definition) is 2. The molecule has 1 aromatic carbocycles. The molecule has 1 aromatic heterocycles. The molecule has 0 bridgehead atoms. The van der Waals surface area contributed by atoms with Gasteiger partial charge in [-0.25, -0.2) is 4.98 Å². The molecule has 0 N–H and O–H groups in total. The van der Waals surface area contributed by atoms with E-state index < -0.39 is 0 Å². The second-order valence-corrected chi connectivity index (χ2v) is 3.85. The van der Waals surface area contributed by atoms with Gasteiger partial charge in [-0.15, -0.1) is 0 Å². The minimum atomic E-state index is 0.00820. The van der Waals surface area contributed by atoms with E-state index in [9.17, 15) is 4.79 Å². The minimum absolute atomic E-state index is 0.00820. The highest BCUT2D eigenvalue weighted by atomic mass is 16.1. The summed E-state index contributed by atoms with van der Waals surface area (Å²) in [5.41, 5.74) is 1.89. The van der Waals surface area contributed by atoms with E-state index in [1.807, 2.05) is 44.2 Å². The zero-order chi connectivity index (χ0) is 11.5. The van der Waals surface area contributed by atoms with E-state index in [4.69, 9.17) is 0 Å². The molecule has 2 rings (SSSR count). The molecule has 0 saturated carbocycles. The normalized spacial score (nSPS) is 10.4. The predicted octanol–water partition coefficient (Wildman–Crippen LogP) is 1.91. The maximum absolute atomic E-state index is 11.8. The summed E-state index contributed by atoms with van der Waals surface area (Å²) in [6, 6.07) is 11.5. The summed E-state index contributed by atoms with van der Waals surface area (Å²) in [5, 5.41) is 0. The van der Waals surface area contributed by atoms with Crippen LogP contribution in [0, 0.1) is 13.8 Å². The molecule has 82 valence electrons. The molecule has 3 heteroatoms. The molecule has 0 spiro atoms. The number of rotatable bonds is 2. The summed E-state index contributed by atoms with van der Waals surface area (Å²) in [4.78, 5) is 16.1. The Morgan fingerprint density at radius 2 is 1.88 bits per heavy atom. The molecule has 1 heterocycles. The van der Waals surface area contributed by atoms with Crippen LogP contribution in [0.5, 0.6) is 0 Å². The lowest BCUT2D eigenvalue weighted by molar-refractivity contribution is 0.694. The van der Waals surface area contributed by atoms with Crippen LogP contribution < -0.4 is 5.56 Å². The van der Waals surface area contributed by atoms with Crippen LogP contribution in [-0.2, 0) is 6.54 Å². The molecule has 0 aliphatic heterocycles. The molecular weight excluding hydrogens is 200 g/mol. The van der Waals surface area contributed by atoms with Crippen molar-refractivity contribution >= 4 is 0 Å². The Bertz CT molecular complexity index is 544. The highest BCUT2D eigenvalue weighted by molar-refractivity contribution is 5.16. The van der Waals surface area contributed by atoms with Crippen LogP contribution in [0.3, 0.4) is 0 Å². The van der Waals surface area contributed by atoms with Crippen molar-refractivity contribution in [1.29, 1.82) is 0 Å². The van der Waals surface area contributed by atoms with E-state index in [0.29, 0.717) is 6.54 Å². The summed E-state index contributed by atoms with van der Waals surface area (Å²) in [7, 11) is 0. The van der Waals surface area contributed by atoms with E-state index >= 15 is 0 Å². The zero-order valence-electron chi connectivity index (χ0n) is 9.47. The molecule has 0 radical (unpaired) electrons. The molecule has 0 saturated heterocycles. The van der Waals surface area contributed by atoms with E-state index in [1.54, 1.807) is 10.6 Å². The highest BCUT2D eigenvalue weighted by Crippen LogP contribution is 2.02. The quantitative estimate of drug-likeness (QED) is 0.765. The summed E-state index contributed by atoms with van der Waals surface area (Å²) in [6.07, 6.45) is 0. The van der Waals surface area contributed by atoms with E-state index in [-0.39, 0.29) is 5.56 Å². The fraction of sp³-hybridized carbons (Fsp3) is 0.231. The van der Waals surface area contributed by atoms with Gasteiger partial charge in [0.1, 0.15) is 5.82 Å².